The zero-order chi connectivity index (χ0) is 15.3. The fourth-order valence-electron chi connectivity index (χ4n) is 1.71. The number of nitrogens with one attached hydrogen (secondary N) is 2. The molecule has 0 amide bonds. The van der Waals surface area contributed by atoms with Crippen LogP contribution in [0.3, 0.4) is 0 Å². The van der Waals surface area contributed by atoms with Crippen molar-refractivity contribution < 1.29 is 8.42 Å². The molecule has 0 saturated carbocycles. The summed E-state index contributed by atoms with van der Waals surface area (Å²) in [5, 5.41) is 7.82. The number of rotatable bonds is 8. The molecule has 0 aliphatic rings. The summed E-state index contributed by atoms with van der Waals surface area (Å²) in [5.74, 6) is 0. The summed E-state index contributed by atoms with van der Waals surface area (Å²) in [5.41, 5.74) is 1.91. The number of aromatic nitrogens is 1. The van der Waals surface area contributed by atoms with Gasteiger partial charge in [-0.05, 0) is 36.9 Å². The van der Waals surface area contributed by atoms with Crippen LogP contribution in [0.5, 0.6) is 0 Å². The molecule has 2 aromatic heterocycles. The third-order valence-electron chi connectivity index (χ3n) is 2.73. The van der Waals surface area contributed by atoms with Crippen molar-refractivity contribution in [3.05, 3.63) is 33.1 Å². The molecule has 0 saturated heterocycles. The van der Waals surface area contributed by atoms with Crippen molar-refractivity contribution in [3.63, 3.8) is 0 Å². The predicted octanol–water partition coefficient (Wildman–Crippen LogP) is 2.49. The first kappa shape index (κ1) is 16.6. The topological polar surface area (TPSA) is 71.1 Å². The molecule has 2 heterocycles. The molecule has 2 aromatic rings. The number of hydrogen-bond donors (Lipinski definition) is 2. The Balaban J connectivity index is 1.95. The van der Waals surface area contributed by atoms with Crippen LogP contribution in [0, 0.1) is 6.92 Å². The van der Waals surface area contributed by atoms with Gasteiger partial charge in [-0.1, -0.05) is 6.92 Å². The lowest BCUT2D eigenvalue weighted by molar-refractivity contribution is 0.583. The number of thiophene rings is 1. The molecule has 8 heteroatoms. The first-order valence-electron chi connectivity index (χ1n) is 6.70. The van der Waals surface area contributed by atoms with E-state index in [9.17, 15) is 8.42 Å². The lowest BCUT2D eigenvalue weighted by Gasteiger charge is -2.02. The minimum Gasteiger partial charge on any atom is -0.313 e. The van der Waals surface area contributed by atoms with Crippen LogP contribution in [-0.4, -0.2) is 19.9 Å². The molecule has 0 atom stereocenters. The molecule has 116 valence electrons. The Morgan fingerprint density at radius 3 is 2.71 bits per heavy atom. The smallest absolute Gasteiger partial charge is 0.250 e. The molecule has 0 bridgehead atoms. The second kappa shape index (κ2) is 7.46. The largest absolute Gasteiger partial charge is 0.313 e. The average Bonchev–Trinajstić information content (AvgIpc) is 3.06. The van der Waals surface area contributed by atoms with Crippen LogP contribution in [0.1, 0.15) is 29.6 Å². The van der Waals surface area contributed by atoms with Crippen LogP contribution in [0.15, 0.2) is 21.0 Å². The Labute approximate surface area is 133 Å². The van der Waals surface area contributed by atoms with Gasteiger partial charge in [0.1, 0.15) is 9.22 Å². The Bertz CT molecular complexity index is 676. The van der Waals surface area contributed by atoms with E-state index >= 15 is 0 Å². The van der Waals surface area contributed by atoms with Crippen molar-refractivity contribution in [2.45, 2.75) is 37.6 Å². The molecule has 0 aromatic carbocycles. The molecule has 21 heavy (non-hydrogen) atoms. The van der Waals surface area contributed by atoms with Crippen molar-refractivity contribution in [1.29, 1.82) is 0 Å². The predicted molar refractivity (Wildman–Crippen MR) is 87.2 cm³/mol. The first-order chi connectivity index (χ1) is 10.0. The number of nitrogens with zero attached hydrogens (tertiary/aromatic N) is 1. The first-order valence-corrected chi connectivity index (χ1v) is 9.94. The summed E-state index contributed by atoms with van der Waals surface area (Å²) in [6.45, 7) is 5.86. The van der Waals surface area contributed by atoms with Crippen molar-refractivity contribution in [2.24, 2.45) is 0 Å². The van der Waals surface area contributed by atoms with Gasteiger partial charge in [0.05, 0.1) is 6.54 Å². The lowest BCUT2D eigenvalue weighted by Crippen LogP contribution is -2.22. The SMILES string of the molecule is CCCNCc1csc(S(=O)(=O)NCc2nc(C)cs2)c1. The number of thiazole rings is 1. The minimum atomic E-state index is -3.45. The van der Waals surface area contributed by atoms with Gasteiger partial charge in [0.2, 0.25) is 10.0 Å². The highest BCUT2D eigenvalue weighted by molar-refractivity contribution is 7.91. The summed E-state index contributed by atoms with van der Waals surface area (Å²) in [7, 11) is -3.45. The maximum absolute atomic E-state index is 12.2. The maximum atomic E-state index is 12.2. The van der Waals surface area contributed by atoms with E-state index in [0.717, 1.165) is 29.2 Å². The van der Waals surface area contributed by atoms with E-state index in [0.29, 0.717) is 10.8 Å². The minimum absolute atomic E-state index is 0.238. The van der Waals surface area contributed by atoms with Gasteiger partial charge >= 0.3 is 0 Å². The zero-order valence-electron chi connectivity index (χ0n) is 12.0. The molecule has 0 unspecified atom stereocenters. The van der Waals surface area contributed by atoms with E-state index in [2.05, 4.69) is 21.9 Å². The highest BCUT2D eigenvalue weighted by Crippen LogP contribution is 2.20. The van der Waals surface area contributed by atoms with Gasteiger partial charge in [0.25, 0.3) is 0 Å². The third kappa shape index (κ3) is 4.86. The number of sulfonamides is 1. The fourth-order valence-corrected chi connectivity index (χ4v) is 4.75. The Kier molecular flexibility index (Phi) is 5.88. The fraction of sp³-hybridized carbons (Fsp3) is 0.462. The van der Waals surface area contributed by atoms with Crippen molar-refractivity contribution in [1.82, 2.24) is 15.0 Å². The molecule has 0 fully saturated rings. The monoisotopic (exact) mass is 345 g/mol. The zero-order valence-corrected chi connectivity index (χ0v) is 14.5. The molecule has 2 N–H and O–H groups in total. The van der Waals surface area contributed by atoms with E-state index < -0.39 is 10.0 Å². The van der Waals surface area contributed by atoms with E-state index in [1.54, 1.807) is 6.07 Å². The standard InChI is InChI=1S/C13H19N3O2S3/c1-3-4-14-6-11-5-13(20-9-11)21(17,18)15-7-12-16-10(2)8-19-12/h5,8-9,14-15H,3-4,6-7H2,1-2H3. The quantitative estimate of drug-likeness (QED) is 0.721. The van der Waals surface area contributed by atoms with Crippen LogP contribution < -0.4 is 10.0 Å². The van der Waals surface area contributed by atoms with Crippen molar-refractivity contribution in [2.75, 3.05) is 6.54 Å². The van der Waals surface area contributed by atoms with Gasteiger partial charge in [-0.25, -0.2) is 18.1 Å². The van der Waals surface area contributed by atoms with Crippen LogP contribution in [0.4, 0.5) is 0 Å². The molecule has 5 nitrogen and oxygen atoms in total. The molecule has 0 aliphatic heterocycles. The lowest BCUT2D eigenvalue weighted by atomic mass is 10.3. The molecular formula is C13H19N3O2S3. The normalized spacial score (nSPS) is 11.9. The summed E-state index contributed by atoms with van der Waals surface area (Å²) in [6, 6.07) is 1.72. The van der Waals surface area contributed by atoms with E-state index in [1.165, 1.54) is 22.7 Å². The molecule has 0 aliphatic carbocycles. The Morgan fingerprint density at radius 2 is 2.05 bits per heavy atom. The Hall–Kier alpha value is -0.800. The van der Waals surface area contributed by atoms with Crippen LogP contribution in [-0.2, 0) is 23.1 Å². The summed E-state index contributed by atoms with van der Waals surface area (Å²) in [6.07, 6.45) is 1.06. The molecule has 0 radical (unpaired) electrons. The van der Waals surface area contributed by atoms with Gasteiger partial charge in [0.15, 0.2) is 0 Å². The van der Waals surface area contributed by atoms with Crippen LogP contribution in [0.2, 0.25) is 0 Å². The maximum Gasteiger partial charge on any atom is 0.250 e. The highest BCUT2D eigenvalue weighted by atomic mass is 32.2. The van der Waals surface area contributed by atoms with Gasteiger partial charge in [0, 0.05) is 17.6 Å². The molecule has 2 rings (SSSR count). The second-order valence-corrected chi connectivity index (χ2v) is 8.51. The molecule has 0 spiro atoms. The highest BCUT2D eigenvalue weighted by Gasteiger charge is 2.17. The summed E-state index contributed by atoms with van der Waals surface area (Å²) < 4.78 is 27.4. The van der Waals surface area contributed by atoms with Crippen molar-refractivity contribution >= 4 is 32.7 Å². The average molecular weight is 346 g/mol. The summed E-state index contributed by atoms with van der Waals surface area (Å²) >= 11 is 2.71. The van der Waals surface area contributed by atoms with E-state index in [4.69, 9.17) is 0 Å². The number of aryl methyl sites for hydroxylation is 1. The second-order valence-electron chi connectivity index (χ2n) is 4.66. The Morgan fingerprint density at radius 1 is 1.24 bits per heavy atom. The van der Waals surface area contributed by atoms with Gasteiger partial charge in [-0.3, -0.25) is 0 Å². The van der Waals surface area contributed by atoms with Gasteiger partial charge < -0.3 is 5.32 Å². The van der Waals surface area contributed by atoms with E-state index in [-0.39, 0.29) is 6.54 Å². The van der Waals surface area contributed by atoms with Gasteiger partial charge in [-0.15, -0.1) is 22.7 Å². The number of hydrogen-bond acceptors (Lipinski definition) is 6. The summed E-state index contributed by atoms with van der Waals surface area (Å²) in [4.78, 5) is 4.25. The van der Waals surface area contributed by atoms with Crippen molar-refractivity contribution in [3.8, 4) is 0 Å². The molecular weight excluding hydrogens is 326 g/mol. The van der Waals surface area contributed by atoms with Gasteiger partial charge in [-0.2, -0.15) is 0 Å². The van der Waals surface area contributed by atoms with Crippen LogP contribution in [0.25, 0.3) is 0 Å². The third-order valence-corrected chi connectivity index (χ3v) is 6.59. The van der Waals surface area contributed by atoms with Crippen LogP contribution >= 0.6 is 22.7 Å². The van der Waals surface area contributed by atoms with E-state index in [1.807, 2.05) is 17.7 Å².